The van der Waals surface area contributed by atoms with E-state index in [9.17, 15) is 4.79 Å². The number of hydrogen-bond donors (Lipinski definition) is 0. The van der Waals surface area contributed by atoms with Gasteiger partial charge in [-0.2, -0.15) is 0 Å². The highest BCUT2D eigenvalue weighted by atomic mass is 79.9. The SMILES string of the molecule is Cc1cc(Br)c(=O)n(CCCOc2ccccc2)c1. The number of aromatic nitrogens is 1. The molecule has 0 amide bonds. The van der Waals surface area contributed by atoms with E-state index in [0.29, 0.717) is 17.6 Å². The molecule has 0 saturated carbocycles. The van der Waals surface area contributed by atoms with E-state index in [4.69, 9.17) is 4.74 Å². The summed E-state index contributed by atoms with van der Waals surface area (Å²) in [6, 6.07) is 11.5. The van der Waals surface area contributed by atoms with Crippen LogP contribution in [0.5, 0.6) is 5.75 Å². The van der Waals surface area contributed by atoms with E-state index in [1.54, 1.807) is 4.57 Å². The summed E-state index contributed by atoms with van der Waals surface area (Å²) in [7, 11) is 0. The fourth-order valence-corrected chi connectivity index (χ4v) is 2.44. The van der Waals surface area contributed by atoms with Gasteiger partial charge in [-0.05, 0) is 53.0 Å². The Hall–Kier alpha value is -1.55. The fourth-order valence-electron chi connectivity index (χ4n) is 1.85. The highest BCUT2D eigenvalue weighted by Crippen LogP contribution is 2.09. The van der Waals surface area contributed by atoms with Crippen LogP contribution >= 0.6 is 15.9 Å². The zero-order chi connectivity index (χ0) is 13.7. The lowest BCUT2D eigenvalue weighted by atomic mass is 10.3. The van der Waals surface area contributed by atoms with Gasteiger partial charge in [0.15, 0.2) is 0 Å². The Morgan fingerprint density at radius 2 is 2.00 bits per heavy atom. The van der Waals surface area contributed by atoms with Crippen molar-refractivity contribution in [2.45, 2.75) is 19.9 Å². The second-order valence-electron chi connectivity index (χ2n) is 4.38. The summed E-state index contributed by atoms with van der Waals surface area (Å²) in [5.74, 6) is 0.861. The van der Waals surface area contributed by atoms with Gasteiger partial charge in [-0.15, -0.1) is 0 Å². The lowest BCUT2D eigenvalue weighted by Gasteiger charge is -2.09. The third-order valence-electron chi connectivity index (χ3n) is 2.73. The molecule has 2 rings (SSSR count). The summed E-state index contributed by atoms with van der Waals surface area (Å²) in [5.41, 5.74) is 1.07. The molecule has 4 heteroatoms. The van der Waals surface area contributed by atoms with Gasteiger partial charge in [0.25, 0.3) is 5.56 Å². The van der Waals surface area contributed by atoms with Crippen LogP contribution in [-0.2, 0) is 6.54 Å². The van der Waals surface area contributed by atoms with Crippen molar-refractivity contribution in [1.82, 2.24) is 4.57 Å². The third kappa shape index (κ3) is 3.96. The zero-order valence-corrected chi connectivity index (χ0v) is 12.4. The van der Waals surface area contributed by atoms with Crippen molar-refractivity contribution in [3.05, 3.63) is 63.0 Å². The number of hydrogen-bond acceptors (Lipinski definition) is 2. The van der Waals surface area contributed by atoms with E-state index in [0.717, 1.165) is 17.7 Å². The van der Waals surface area contributed by atoms with Gasteiger partial charge < -0.3 is 9.30 Å². The molecule has 0 bridgehead atoms. The van der Waals surface area contributed by atoms with Crippen LogP contribution in [0.3, 0.4) is 0 Å². The quantitative estimate of drug-likeness (QED) is 0.790. The molecule has 0 saturated heterocycles. The molecule has 0 aliphatic heterocycles. The molecule has 0 atom stereocenters. The predicted molar refractivity (Wildman–Crippen MR) is 79.7 cm³/mol. The number of nitrogens with zero attached hydrogens (tertiary/aromatic N) is 1. The first-order valence-electron chi connectivity index (χ1n) is 6.21. The van der Waals surface area contributed by atoms with Gasteiger partial charge in [0, 0.05) is 12.7 Å². The highest BCUT2D eigenvalue weighted by Gasteiger charge is 2.02. The second kappa shape index (κ2) is 6.57. The molecule has 1 aromatic carbocycles. The molecular weight excluding hydrogens is 306 g/mol. The maximum atomic E-state index is 11.9. The molecule has 3 nitrogen and oxygen atoms in total. The summed E-state index contributed by atoms with van der Waals surface area (Å²) in [4.78, 5) is 11.9. The molecule has 0 unspecified atom stereocenters. The molecule has 0 spiro atoms. The molecule has 0 aliphatic carbocycles. The maximum Gasteiger partial charge on any atom is 0.264 e. The number of benzene rings is 1. The molecule has 19 heavy (non-hydrogen) atoms. The van der Waals surface area contributed by atoms with Crippen molar-refractivity contribution in [1.29, 1.82) is 0 Å². The van der Waals surface area contributed by atoms with Crippen molar-refractivity contribution >= 4 is 15.9 Å². The van der Waals surface area contributed by atoms with E-state index < -0.39 is 0 Å². The topological polar surface area (TPSA) is 31.2 Å². The predicted octanol–water partition coefficient (Wildman–Crippen LogP) is 3.39. The number of para-hydroxylation sites is 1. The van der Waals surface area contributed by atoms with Gasteiger partial charge in [0.1, 0.15) is 5.75 Å². The van der Waals surface area contributed by atoms with Crippen LogP contribution in [0.15, 0.2) is 51.9 Å². The van der Waals surface area contributed by atoms with Gasteiger partial charge in [0.05, 0.1) is 11.1 Å². The summed E-state index contributed by atoms with van der Waals surface area (Å²) in [6.07, 6.45) is 2.67. The van der Waals surface area contributed by atoms with Crippen LogP contribution in [0.1, 0.15) is 12.0 Å². The largest absolute Gasteiger partial charge is 0.494 e. The first-order valence-corrected chi connectivity index (χ1v) is 7.00. The van der Waals surface area contributed by atoms with Crippen molar-refractivity contribution < 1.29 is 4.74 Å². The average molecular weight is 322 g/mol. The number of rotatable bonds is 5. The summed E-state index contributed by atoms with van der Waals surface area (Å²) in [5, 5.41) is 0. The van der Waals surface area contributed by atoms with Crippen molar-refractivity contribution in [2.75, 3.05) is 6.61 Å². The van der Waals surface area contributed by atoms with Gasteiger partial charge in [0.2, 0.25) is 0 Å². The van der Waals surface area contributed by atoms with Crippen LogP contribution in [0, 0.1) is 6.92 Å². The number of pyridine rings is 1. The first kappa shape index (κ1) is 13.9. The minimum Gasteiger partial charge on any atom is -0.494 e. The minimum absolute atomic E-state index is 0.00492. The third-order valence-corrected chi connectivity index (χ3v) is 3.30. The standard InChI is InChI=1S/C15H16BrNO2/c1-12-10-14(16)15(18)17(11-12)8-5-9-19-13-6-3-2-4-7-13/h2-4,6-7,10-11H,5,8-9H2,1H3. The van der Waals surface area contributed by atoms with E-state index in [2.05, 4.69) is 15.9 Å². The Balaban J connectivity index is 1.88. The number of halogens is 1. The Kier molecular flexibility index (Phi) is 4.80. The monoisotopic (exact) mass is 321 g/mol. The first-order chi connectivity index (χ1) is 9.16. The van der Waals surface area contributed by atoms with Crippen LogP contribution in [0.2, 0.25) is 0 Å². The van der Waals surface area contributed by atoms with Crippen molar-refractivity contribution in [3.63, 3.8) is 0 Å². The van der Waals surface area contributed by atoms with E-state index in [-0.39, 0.29) is 5.56 Å². The Morgan fingerprint density at radius 1 is 1.26 bits per heavy atom. The maximum absolute atomic E-state index is 11.9. The smallest absolute Gasteiger partial charge is 0.264 e. The Labute approximate surface area is 121 Å². The Morgan fingerprint density at radius 3 is 2.74 bits per heavy atom. The van der Waals surface area contributed by atoms with Crippen LogP contribution in [0.4, 0.5) is 0 Å². The summed E-state index contributed by atoms with van der Waals surface area (Å²) >= 11 is 3.28. The van der Waals surface area contributed by atoms with Gasteiger partial charge in [-0.3, -0.25) is 4.79 Å². The molecule has 1 heterocycles. The van der Waals surface area contributed by atoms with Crippen LogP contribution in [-0.4, -0.2) is 11.2 Å². The van der Waals surface area contributed by atoms with Crippen molar-refractivity contribution in [3.8, 4) is 5.75 Å². The molecule has 1 aromatic heterocycles. The summed E-state index contributed by atoms with van der Waals surface area (Å²) in [6.45, 7) is 3.23. The van der Waals surface area contributed by atoms with Crippen molar-refractivity contribution in [2.24, 2.45) is 0 Å². The molecule has 0 radical (unpaired) electrons. The lowest BCUT2D eigenvalue weighted by Crippen LogP contribution is -2.21. The van der Waals surface area contributed by atoms with E-state index in [1.165, 1.54) is 0 Å². The second-order valence-corrected chi connectivity index (χ2v) is 5.23. The van der Waals surface area contributed by atoms with Gasteiger partial charge in [-0.1, -0.05) is 18.2 Å². The zero-order valence-electron chi connectivity index (χ0n) is 10.8. The minimum atomic E-state index is 0.00492. The van der Waals surface area contributed by atoms with E-state index in [1.807, 2.05) is 49.5 Å². The Bertz CT molecular complexity index is 593. The molecule has 2 aromatic rings. The van der Waals surface area contributed by atoms with Gasteiger partial charge >= 0.3 is 0 Å². The summed E-state index contributed by atoms with van der Waals surface area (Å²) < 4.78 is 7.92. The molecule has 0 N–H and O–H groups in total. The number of aryl methyl sites for hydroxylation is 2. The van der Waals surface area contributed by atoms with Crippen LogP contribution < -0.4 is 10.3 Å². The van der Waals surface area contributed by atoms with E-state index >= 15 is 0 Å². The normalized spacial score (nSPS) is 10.4. The number of ether oxygens (including phenoxy) is 1. The van der Waals surface area contributed by atoms with Crippen LogP contribution in [0.25, 0.3) is 0 Å². The molecule has 0 fully saturated rings. The molecule has 100 valence electrons. The van der Waals surface area contributed by atoms with Gasteiger partial charge in [-0.25, -0.2) is 0 Å². The lowest BCUT2D eigenvalue weighted by molar-refractivity contribution is 0.301. The molecular formula is C15H16BrNO2. The highest BCUT2D eigenvalue weighted by molar-refractivity contribution is 9.10. The fraction of sp³-hybridized carbons (Fsp3) is 0.267. The molecule has 0 aliphatic rings. The average Bonchev–Trinajstić information content (AvgIpc) is 2.41.